The Balaban J connectivity index is 2.32. The van der Waals surface area contributed by atoms with E-state index in [4.69, 9.17) is 4.74 Å². The van der Waals surface area contributed by atoms with Crippen LogP contribution in [0.2, 0.25) is 0 Å². The second-order valence-electron chi connectivity index (χ2n) is 3.39. The van der Waals surface area contributed by atoms with Crippen molar-refractivity contribution >= 4 is 0 Å². The number of rotatable bonds is 1. The first kappa shape index (κ1) is 8.02. The summed E-state index contributed by atoms with van der Waals surface area (Å²) in [6.45, 7) is 8.53. The van der Waals surface area contributed by atoms with Gasteiger partial charge in [-0.05, 0) is 12.8 Å². The van der Waals surface area contributed by atoms with Gasteiger partial charge in [-0.15, -0.1) is 0 Å². The smallest absolute Gasteiger partial charge is 0.0726 e. The molecule has 0 spiro atoms. The summed E-state index contributed by atoms with van der Waals surface area (Å²) in [5.74, 6) is 0.634. The van der Waals surface area contributed by atoms with Crippen LogP contribution in [0.3, 0.4) is 0 Å². The van der Waals surface area contributed by atoms with Gasteiger partial charge in [0, 0.05) is 13.1 Å². The van der Waals surface area contributed by atoms with Crippen LogP contribution < -0.4 is 5.32 Å². The summed E-state index contributed by atoms with van der Waals surface area (Å²) in [7, 11) is 0. The Morgan fingerprint density at radius 3 is 2.50 bits per heavy atom. The van der Waals surface area contributed by atoms with E-state index in [9.17, 15) is 0 Å². The summed E-state index contributed by atoms with van der Waals surface area (Å²) in [6.07, 6.45) is 0.810. The highest BCUT2D eigenvalue weighted by Crippen LogP contribution is 2.11. The molecule has 1 N–H and O–H groups in total. The molecule has 1 aliphatic rings. The minimum atomic E-state index is 0.390. The van der Waals surface area contributed by atoms with E-state index in [1.807, 2.05) is 0 Å². The van der Waals surface area contributed by atoms with E-state index in [0.717, 1.165) is 13.1 Å². The van der Waals surface area contributed by atoms with E-state index in [-0.39, 0.29) is 0 Å². The number of ether oxygens (including phenoxy) is 1. The molecule has 1 saturated heterocycles. The fourth-order valence-corrected chi connectivity index (χ4v) is 1.22. The van der Waals surface area contributed by atoms with Crippen molar-refractivity contribution in [2.45, 2.75) is 33.0 Å². The van der Waals surface area contributed by atoms with Crippen molar-refractivity contribution in [3.05, 3.63) is 0 Å². The summed E-state index contributed by atoms with van der Waals surface area (Å²) in [6, 6.07) is 0. The zero-order valence-corrected chi connectivity index (χ0v) is 7.05. The van der Waals surface area contributed by atoms with Crippen molar-refractivity contribution in [1.82, 2.24) is 5.32 Å². The minimum Gasteiger partial charge on any atom is -0.372 e. The lowest BCUT2D eigenvalue weighted by Crippen LogP contribution is -2.45. The average molecular weight is 143 g/mol. The van der Waals surface area contributed by atoms with Crippen molar-refractivity contribution in [3.63, 3.8) is 0 Å². The van der Waals surface area contributed by atoms with Crippen LogP contribution in [0.25, 0.3) is 0 Å². The first-order valence-corrected chi connectivity index (χ1v) is 4.06. The molecule has 2 atom stereocenters. The van der Waals surface area contributed by atoms with Gasteiger partial charge in [-0.2, -0.15) is 0 Å². The van der Waals surface area contributed by atoms with Gasteiger partial charge in [0.2, 0.25) is 0 Å². The second-order valence-corrected chi connectivity index (χ2v) is 3.39. The van der Waals surface area contributed by atoms with Gasteiger partial charge in [0.25, 0.3) is 0 Å². The van der Waals surface area contributed by atoms with Crippen molar-refractivity contribution < 1.29 is 4.74 Å². The van der Waals surface area contributed by atoms with Gasteiger partial charge in [-0.1, -0.05) is 13.8 Å². The maximum Gasteiger partial charge on any atom is 0.0726 e. The van der Waals surface area contributed by atoms with E-state index in [1.54, 1.807) is 0 Å². The molecular formula is C8H17NO. The van der Waals surface area contributed by atoms with E-state index in [2.05, 4.69) is 26.1 Å². The summed E-state index contributed by atoms with van der Waals surface area (Å²) >= 11 is 0. The predicted molar refractivity (Wildman–Crippen MR) is 42.0 cm³/mol. The van der Waals surface area contributed by atoms with Crippen molar-refractivity contribution in [3.8, 4) is 0 Å². The van der Waals surface area contributed by atoms with Crippen molar-refractivity contribution in [2.24, 2.45) is 5.92 Å². The van der Waals surface area contributed by atoms with Crippen LogP contribution in [-0.2, 0) is 4.74 Å². The lowest BCUT2D eigenvalue weighted by molar-refractivity contribution is -0.0494. The average Bonchev–Trinajstić information content (AvgIpc) is 1.88. The molecule has 2 heteroatoms. The molecule has 0 aromatic carbocycles. The highest BCUT2D eigenvalue weighted by molar-refractivity contribution is 4.73. The van der Waals surface area contributed by atoms with Gasteiger partial charge < -0.3 is 10.1 Å². The maximum absolute atomic E-state index is 5.69. The Hall–Kier alpha value is -0.0800. The normalized spacial score (nSPS) is 34.8. The van der Waals surface area contributed by atoms with Crippen LogP contribution >= 0.6 is 0 Å². The van der Waals surface area contributed by atoms with E-state index < -0.39 is 0 Å². The van der Waals surface area contributed by atoms with Crippen LogP contribution in [0, 0.1) is 5.92 Å². The van der Waals surface area contributed by atoms with Gasteiger partial charge in [0.15, 0.2) is 0 Å². The molecule has 0 unspecified atom stereocenters. The summed E-state index contributed by atoms with van der Waals surface area (Å²) in [5.41, 5.74) is 0. The molecule has 60 valence electrons. The highest BCUT2D eigenvalue weighted by Gasteiger charge is 2.20. The zero-order chi connectivity index (χ0) is 7.56. The molecule has 1 rings (SSSR count). The molecule has 10 heavy (non-hydrogen) atoms. The van der Waals surface area contributed by atoms with Crippen molar-refractivity contribution in [1.29, 1.82) is 0 Å². The summed E-state index contributed by atoms with van der Waals surface area (Å²) < 4.78 is 5.69. The number of hydrogen-bond donors (Lipinski definition) is 1. The van der Waals surface area contributed by atoms with Gasteiger partial charge >= 0.3 is 0 Å². The lowest BCUT2D eigenvalue weighted by Gasteiger charge is -2.31. The topological polar surface area (TPSA) is 21.3 Å². The van der Waals surface area contributed by atoms with Crippen LogP contribution in [0.5, 0.6) is 0 Å². The van der Waals surface area contributed by atoms with E-state index in [1.165, 1.54) is 0 Å². The molecule has 2 nitrogen and oxygen atoms in total. The number of nitrogens with one attached hydrogen (secondary N) is 1. The summed E-state index contributed by atoms with van der Waals surface area (Å²) in [4.78, 5) is 0. The monoisotopic (exact) mass is 143 g/mol. The molecule has 1 heterocycles. The molecule has 0 bridgehead atoms. The van der Waals surface area contributed by atoms with E-state index in [0.29, 0.717) is 18.1 Å². The standard InChI is InChI=1S/C8H17NO/c1-6(2)8-5-9-4-7(3)10-8/h6-9H,4-5H2,1-3H3/t7-,8-/m1/s1. The Kier molecular flexibility index (Phi) is 2.69. The molecule has 0 radical (unpaired) electrons. The van der Waals surface area contributed by atoms with Crippen molar-refractivity contribution in [2.75, 3.05) is 13.1 Å². The van der Waals surface area contributed by atoms with Crippen LogP contribution in [-0.4, -0.2) is 25.3 Å². The molecule has 0 saturated carbocycles. The third-order valence-corrected chi connectivity index (χ3v) is 1.93. The van der Waals surface area contributed by atoms with Crippen LogP contribution in [0.1, 0.15) is 20.8 Å². The van der Waals surface area contributed by atoms with Gasteiger partial charge in [0.1, 0.15) is 0 Å². The number of hydrogen-bond acceptors (Lipinski definition) is 2. The minimum absolute atomic E-state index is 0.390. The molecule has 0 aliphatic carbocycles. The molecule has 1 fully saturated rings. The summed E-state index contributed by atoms with van der Waals surface area (Å²) in [5, 5.41) is 3.34. The quantitative estimate of drug-likeness (QED) is 0.591. The number of morpholine rings is 1. The predicted octanol–water partition coefficient (Wildman–Crippen LogP) is 1.02. The lowest BCUT2D eigenvalue weighted by atomic mass is 10.1. The largest absolute Gasteiger partial charge is 0.372 e. The molecule has 0 aromatic heterocycles. The fraction of sp³-hybridized carbons (Fsp3) is 1.00. The zero-order valence-electron chi connectivity index (χ0n) is 7.05. The Bertz CT molecular complexity index is 103. The van der Waals surface area contributed by atoms with Crippen LogP contribution in [0.4, 0.5) is 0 Å². The second kappa shape index (κ2) is 3.35. The third-order valence-electron chi connectivity index (χ3n) is 1.93. The first-order chi connectivity index (χ1) is 4.70. The molecule has 1 aliphatic heterocycles. The fourth-order valence-electron chi connectivity index (χ4n) is 1.22. The van der Waals surface area contributed by atoms with Gasteiger partial charge in [-0.3, -0.25) is 0 Å². The van der Waals surface area contributed by atoms with E-state index >= 15 is 0 Å². The Morgan fingerprint density at radius 2 is 2.10 bits per heavy atom. The molecular weight excluding hydrogens is 126 g/mol. The first-order valence-electron chi connectivity index (χ1n) is 4.06. The molecule has 0 amide bonds. The van der Waals surface area contributed by atoms with Crippen LogP contribution in [0.15, 0.2) is 0 Å². The highest BCUT2D eigenvalue weighted by atomic mass is 16.5. The Morgan fingerprint density at radius 1 is 1.40 bits per heavy atom. The van der Waals surface area contributed by atoms with Gasteiger partial charge in [0.05, 0.1) is 12.2 Å². The third kappa shape index (κ3) is 1.96. The Labute approximate surface area is 63.0 Å². The van der Waals surface area contributed by atoms with Gasteiger partial charge in [-0.25, -0.2) is 0 Å². The SMILES string of the molecule is CC(C)[C@H]1CNC[C@@H](C)O1. The maximum atomic E-state index is 5.69. The molecule has 0 aromatic rings.